The predicted octanol–water partition coefficient (Wildman–Crippen LogP) is 4.28. The fourth-order valence-electron chi connectivity index (χ4n) is 4.60. The number of aryl methyl sites for hydroxylation is 1. The maximum absolute atomic E-state index is 11.8. The molecule has 3 heterocycles. The maximum atomic E-state index is 11.8. The molecular formula is C23H24ClN3O2. The number of piperidine rings is 1. The first-order chi connectivity index (χ1) is 13.9. The zero-order valence-corrected chi connectivity index (χ0v) is 17.4. The predicted molar refractivity (Wildman–Crippen MR) is 113 cm³/mol. The van der Waals surface area contributed by atoms with E-state index in [0.29, 0.717) is 13.1 Å². The smallest absolute Gasteiger partial charge is 0.219 e. The minimum Gasteiger partial charge on any atom is -0.470 e. The van der Waals surface area contributed by atoms with E-state index >= 15 is 0 Å². The van der Waals surface area contributed by atoms with Crippen molar-refractivity contribution in [2.75, 3.05) is 13.1 Å². The van der Waals surface area contributed by atoms with Gasteiger partial charge in [0.15, 0.2) is 5.72 Å². The highest BCUT2D eigenvalue weighted by Crippen LogP contribution is 2.48. The summed E-state index contributed by atoms with van der Waals surface area (Å²) in [6.45, 7) is 5.12. The Balaban J connectivity index is 1.54. The van der Waals surface area contributed by atoms with E-state index in [1.165, 1.54) is 11.1 Å². The van der Waals surface area contributed by atoms with Gasteiger partial charge in [0.25, 0.3) is 0 Å². The van der Waals surface area contributed by atoms with E-state index in [1.807, 2.05) is 29.2 Å². The van der Waals surface area contributed by atoms with E-state index in [1.54, 1.807) is 6.92 Å². The molecule has 5 nitrogen and oxygen atoms in total. The number of nitrogens with one attached hydrogen (secondary N) is 1. The molecule has 0 bridgehead atoms. The monoisotopic (exact) mass is 409 g/mol. The van der Waals surface area contributed by atoms with Crippen molar-refractivity contribution < 1.29 is 9.53 Å². The molecular weight excluding hydrogens is 386 g/mol. The largest absolute Gasteiger partial charge is 0.470 e. The first-order valence-corrected chi connectivity index (χ1v) is 10.4. The third-order valence-electron chi connectivity index (χ3n) is 6.21. The van der Waals surface area contributed by atoms with Crippen LogP contribution in [0.2, 0.25) is 5.02 Å². The van der Waals surface area contributed by atoms with Crippen LogP contribution in [-0.4, -0.2) is 34.6 Å². The number of hydrogen-bond acceptors (Lipinski definition) is 4. The first-order valence-electron chi connectivity index (χ1n) is 10.0. The van der Waals surface area contributed by atoms with Gasteiger partial charge in [0.05, 0.1) is 11.7 Å². The van der Waals surface area contributed by atoms with Crippen LogP contribution in [0.15, 0.2) is 48.5 Å². The lowest BCUT2D eigenvalue weighted by atomic mass is 9.92. The minimum absolute atomic E-state index is 0.0770. The van der Waals surface area contributed by atoms with Crippen LogP contribution in [0.5, 0.6) is 5.75 Å². The lowest BCUT2D eigenvalue weighted by molar-refractivity contribution is -0.165. The highest BCUT2D eigenvalue weighted by atomic mass is 35.5. The molecule has 2 aromatic rings. The van der Waals surface area contributed by atoms with E-state index < -0.39 is 5.72 Å². The first kappa shape index (κ1) is 18.5. The lowest BCUT2D eigenvalue weighted by Gasteiger charge is -2.51. The normalized spacial score (nSPS) is 22.4. The number of carbonyl (C=O) groups is 1. The standard InChI is InChI=1S/C23H24ClN3O2/c1-15-3-8-22-19(13-15)21-14-20(17-4-6-18(24)7-5-17)25-27(21)23(29-22)9-11-26(12-10-23)16(2)28/h3-8,13-14,21,25H,9-12H2,1-2H3/t21-/m0/s1. The minimum atomic E-state index is -0.483. The van der Waals surface area contributed by atoms with E-state index in [-0.39, 0.29) is 11.9 Å². The summed E-state index contributed by atoms with van der Waals surface area (Å²) >= 11 is 6.08. The Kier molecular flexibility index (Phi) is 4.33. The molecule has 1 N–H and O–H groups in total. The Labute approximate surface area is 175 Å². The number of ether oxygens (including phenoxy) is 1. The summed E-state index contributed by atoms with van der Waals surface area (Å²) in [5.74, 6) is 1.06. The molecule has 1 saturated heterocycles. The molecule has 0 unspecified atom stereocenters. The van der Waals surface area contributed by atoms with Crippen molar-refractivity contribution in [3.05, 3.63) is 70.3 Å². The average molecular weight is 410 g/mol. The number of rotatable bonds is 1. The summed E-state index contributed by atoms with van der Waals surface area (Å²) in [6.07, 6.45) is 3.78. The van der Waals surface area contributed by atoms with Crippen LogP contribution in [0.1, 0.15) is 42.5 Å². The Morgan fingerprint density at radius 2 is 1.90 bits per heavy atom. The van der Waals surface area contributed by atoms with E-state index in [2.05, 4.69) is 41.6 Å². The molecule has 0 aromatic heterocycles. The SMILES string of the molecule is CC(=O)N1CCC2(CC1)Oc1ccc(C)cc1[C@@H]1C=C(c3ccc(Cl)cc3)NN12. The van der Waals surface area contributed by atoms with Crippen molar-refractivity contribution in [1.29, 1.82) is 0 Å². The number of hydrogen-bond donors (Lipinski definition) is 1. The third-order valence-corrected chi connectivity index (χ3v) is 6.46. The number of nitrogens with zero attached hydrogens (tertiary/aromatic N) is 2. The Hall–Kier alpha value is -2.50. The van der Waals surface area contributed by atoms with Crippen LogP contribution in [0.25, 0.3) is 5.70 Å². The topological polar surface area (TPSA) is 44.8 Å². The molecule has 1 amide bonds. The molecule has 0 radical (unpaired) electrons. The second-order valence-corrected chi connectivity index (χ2v) is 8.55. The van der Waals surface area contributed by atoms with Gasteiger partial charge in [-0.3, -0.25) is 4.79 Å². The lowest BCUT2D eigenvalue weighted by Crippen LogP contribution is -2.64. The molecule has 1 spiro atoms. The van der Waals surface area contributed by atoms with Gasteiger partial charge in [0.1, 0.15) is 5.75 Å². The number of amides is 1. The van der Waals surface area contributed by atoms with Crippen LogP contribution in [0.3, 0.4) is 0 Å². The van der Waals surface area contributed by atoms with Crippen molar-refractivity contribution in [2.24, 2.45) is 0 Å². The molecule has 3 aliphatic rings. The van der Waals surface area contributed by atoms with Crippen LogP contribution in [-0.2, 0) is 4.79 Å². The van der Waals surface area contributed by atoms with Crippen molar-refractivity contribution in [2.45, 2.75) is 38.5 Å². The number of carbonyl (C=O) groups excluding carboxylic acids is 1. The second-order valence-electron chi connectivity index (χ2n) is 8.11. The van der Waals surface area contributed by atoms with Gasteiger partial charge in [-0.15, -0.1) is 0 Å². The molecule has 3 aliphatic heterocycles. The highest BCUT2D eigenvalue weighted by molar-refractivity contribution is 6.30. The van der Waals surface area contributed by atoms with Gasteiger partial charge in [-0.25, -0.2) is 0 Å². The molecule has 1 fully saturated rings. The summed E-state index contributed by atoms with van der Waals surface area (Å²) in [7, 11) is 0. The van der Waals surface area contributed by atoms with Gasteiger partial charge in [0, 0.05) is 43.4 Å². The van der Waals surface area contributed by atoms with Gasteiger partial charge in [-0.2, -0.15) is 5.01 Å². The molecule has 29 heavy (non-hydrogen) atoms. The number of hydrazine groups is 1. The zero-order valence-electron chi connectivity index (χ0n) is 16.6. The third kappa shape index (κ3) is 3.09. The highest BCUT2D eigenvalue weighted by Gasteiger charge is 2.51. The van der Waals surface area contributed by atoms with Gasteiger partial charge >= 0.3 is 0 Å². The summed E-state index contributed by atoms with van der Waals surface area (Å²) in [6, 6.07) is 14.3. The van der Waals surface area contributed by atoms with Crippen molar-refractivity contribution in [1.82, 2.24) is 15.3 Å². The van der Waals surface area contributed by atoms with Crippen molar-refractivity contribution >= 4 is 23.2 Å². The molecule has 0 aliphatic carbocycles. The molecule has 5 rings (SSSR count). The molecule has 150 valence electrons. The molecule has 6 heteroatoms. The van der Waals surface area contributed by atoms with E-state index in [9.17, 15) is 4.79 Å². The van der Waals surface area contributed by atoms with Crippen LogP contribution < -0.4 is 10.2 Å². The number of fused-ring (bicyclic) bond motifs is 4. The fourth-order valence-corrected chi connectivity index (χ4v) is 4.73. The van der Waals surface area contributed by atoms with Crippen LogP contribution in [0.4, 0.5) is 0 Å². The fraction of sp³-hybridized carbons (Fsp3) is 0.348. The van der Waals surface area contributed by atoms with Gasteiger partial charge in [-0.05, 0) is 36.8 Å². The Morgan fingerprint density at radius 1 is 1.17 bits per heavy atom. The van der Waals surface area contributed by atoms with Crippen molar-refractivity contribution in [3.63, 3.8) is 0 Å². The quantitative estimate of drug-likeness (QED) is 0.763. The number of likely N-dealkylation sites (tertiary alicyclic amines) is 1. The van der Waals surface area contributed by atoms with Crippen molar-refractivity contribution in [3.8, 4) is 5.75 Å². The maximum Gasteiger partial charge on any atom is 0.219 e. The summed E-state index contributed by atoms with van der Waals surface area (Å²) in [5, 5.41) is 2.97. The summed E-state index contributed by atoms with van der Waals surface area (Å²) < 4.78 is 6.63. The van der Waals surface area contributed by atoms with Crippen LogP contribution in [0, 0.1) is 6.92 Å². The number of benzene rings is 2. The van der Waals surface area contributed by atoms with Gasteiger partial charge in [0.2, 0.25) is 5.91 Å². The van der Waals surface area contributed by atoms with E-state index in [4.69, 9.17) is 16.3 Å². The molecule has 0 saturated carbocycles. The van der Waals surface area contributed by atoms with Gasteiger partial charge < -0.3 is 15.1 Å². The van der Waals surface area contributed by atoms with E-state index in [0.717, 1.165) is 34.9 Å². The number of halogens is 1. The second kappa shape index (κ2) is 6.78. The van der Waals surface area contributed by atoms with Gasteiger partial charge in [-0.1, -0.05) is 41.4 Å². The Bertz CT molecular complexity index is 994. The van der Waals surface area contributed by atoms with Crippen LogP contribution >= 0.6 is 11.6 Å². The molecule has 1 atom stereocenters. The molecule has 2 aromatic carbocycles. The zero-order chi connectivity index (χ0) is 20.2. The average Bonchev–Trinajstić information content (AvgIpc) is 3.16. The summed E-state index contributed by atoms with van der Waals surface area (Å²) in [4.78, 5) is 13.7. The summed E-state index contributed by atoms with van der Waals surface area (Å²) in [5.41, 5.74) is 7.66. The Morgan fingerprint density at radius 3 is 2.59 bits per heavy atom.